The number of nitrogens with one attached hydrogen (secondary N) is 2. The normalized spacial score (nSPS) is 25.7. The lowest BCUT2D eigenvalue weighted by Gasteiger charge is -2.35. The van der Waals surface area contributed by atoms with Crippen LogP contribution < -0.4 is 15.5 Å². The predicted octanol–water partition coefficient (Wildman–Crippen LogP) is 5.94. The van der Waals surface area contributed by atoms with Gasteiger partial charge in [0.1, 0.15) is 5.76 Å². The number of allylic oxidation sites excluding steroid dienone is 7. The molecule has 1 aromatic carbocycles. The van der Waals surface area contributed by atoms with Crippen LogP contribution in [-0.4, -0.2) is 27.5 Å². The summed E-state index contributed by atoms with van der Waals surface area (Å²) in [5.41, 5.74) is 8.37. The predicted molar refractivity (Wildman–Crippen MR) is 160 cm³/mol. The third kappa shape index (κ3) is 3.84. The van der Waals surface area contributed by atoms with E-state index >= 15 is 0 Å². The number of anilines is 1. The summed E-state index contributed by atoms with van der Waals surface area (Å²) in [5, 5.41) is 6.92. The van der Waals surface area contributed by atoms with Crippen LogP contribution in [0.2, 0.25) is 0 Å². The van der Waals surface area contributed by atoms with Crippen molar-refractivity contribution >= 4 is 11.5 Å². The Bertz CT molecular complexity index is 1720. The van der Waals surface area contributed by atoms with Crippen LogP contribution in [0.1, 0.15) is 37.3 Å². The number of benzene rings is 1. The second kappa shape index (κ2) is 9.34. The van der Waals surface area contributed by atoms with Crippen molar-refractivity contribution in [2.45, 2.75) is 32.0 Å². The summed E-state index contributed by atoms with van der Waals surface area (Å²) in [6.45, 7) is 3.08. The first-order chi connectivity index (χ1) is 20.2. The van der Waals surface area contributed by atoms with Crippen molar-refractivity contribution in [3.8, 4) is 11.3 Å². The van der Waals surface area contributed by atoms with Gasteiger partial charge in [0.2, 0.25) is 5.95 Å². The van der Waals surface area contributed by atoms with Gasteiger partial charge in [-0.2, -0.15) is 0 Å². The molecule has 7 nitrogen and oxygen atoms in total. The Kier molecular flexibility index (Phi) is 5.45. The topological polar surface area (TPSA) is 75.2 Å². The molecular formula is C34H30N6O. The number of rotatable bonds is 4. The van der Waals surface area contributed by atoms with Crippen molar-refractivity contribution in [1.29, 1.82) is 0 Å². The van der Waals surface area contributed by atoms with Gasteiger partial charge in [0.05, 0.1) is 23.1 Å². The second-order valence-electron chi connectivity index (χ2n) is 11.1. The minimum absolute atomic E-state index is 0.0295. The third-order valence-corrected chi connectivity index (χ3v) is 8.64. The number of aromatic nitrogens is 3. The van der Waals surface area contributed by atoms with Crippen LogP contribution in [0.4, 0.5) is 5.95 Å². The molecule has 3 aromatic rings. The van der Waals surface area contributed by atoms with Crippen LogP contribution in [0.25, 0.3) is 16.8 Å². The zero-order chi connectivity index (χ0) is 27.4. The van der Waals surface area contributed by atoms with Crippen molar-refractivity contribution in [3.63, 3.8) is 0 Å². The Morgan fingerprint density at radius 3 is 2.68 bits per heavy atom. The number of hydrogen-bond acceptors (Lipinski definition) is 7. The summed E-state index contributed by atoms with van der Waals surface area (Å²) < 4.78 is 6.73. The number of dihydropyridines is 1. The largest absolute Gasteiger partial charge is 0.464 e. The first-order valence-corrected chi connectivity index (χ1v) is 14.2. The quantitative estimate of drug-likeness (QED) is 0.426. The fraction of sp³-hybridized carbons (Fsp3) is 0.206. The zero-order valence-electron chi connectivity index (χ0n) is 22.8. The molecule has 3 atom stereocenters. The SMILES string of the molecule is CC12C=CC=CC1N(c1nc(C3=CCNC=C3)cc(-c3ccncc3)n1)C1=C2C2=C(CC1)NC(c1ccccc1)O2. The van der Waals surface area contributed by atoms with E-state index < -0.39 is 0 Å². The average Bonchev–Trinajstić information content (AvgIpc) is 3.59. The minimum atomic E-state index is -0.289. The first kappa shape index (κ1) is 23.9. The summed E-state index contributed by atoms with van der Waals surface area (Å²) in [5.74, 6) is 1.68. The van der Waals surface area contributed by atoms with Crippen LogP contribution in [0.15, 0.2) is 126 Å². The highest BCUT2D eigenvalue weighted by atomic mass is 16.5. The Morgan fingerprint density at radius 1 is 1.00 bits per heavy atom. The molecule has 0 bridgehead atoms. The Labute approximate surface area is 239 Å². The zero-order valence-corrected chi connectivity index (χ0v) is 22.8. The standard InChI is InChI=1S/C34H30N6O/c1-34-16-6-5-9-29(34)40(28-11-10-25-31(30(28)34)41-32(37-25)24-7-3-2-4-8-24)33-38-26(22-12-17-35-18-13-22)21-27(39-33)23-14-19-36-20-15-23/h2-9,12-19,21,29,32,36-37H,10-11,20H2,1H3. The van der Waals surface area contributed by atoms with Gasteiger partial charge in [0.15, 0.2) is 6.23 Å². The van der Waals surface area contributed by atoms with Crippen LogP contribution in [-0.2, 0) is 4.74 Å². The molecule has 5 heterocycles. The highest BCUT2D eigenvalue weighted by Gasteiger charge is 2.53. The van der Waals surface area contributed by atoms with Crippen molar-refractivity contribution < 1.29 is 4.74 Å². The molecule has 0 radical (unpaired) electrons. The van der Waals surface area contributed by atoms with Crippen LogP contribution in [0.5, 0.6) is 0 Å². The molecule has 8 rings (SSSR count). The molecule has 41 heavy (non-hydrogen) atoms. The van der Waals surface area contributed by atoms with E-state index in [1.807, 2.05) is 36.8 Å². The average molecular weight is 539 g/mol. The van der Waals surface area contributed by atoms with Crippen molar-refractivity contribution in [3.05, 3.63) is 138 Å². The van der Waals surface area contributed by atoms with E-state index in [1.165, 1.54) is 17.0 Å². The molecule has 202 valence electrons. The van der Waals surface area contributed by atoms with Gasteiger partial charge in [-0.25, -0.2) is 9.97 Å². The lowest BCUT2D eigenvalue weighted by molar-refractivity contribution is 0.130. The van der Waals surface area contributed by atoms with E-state index in [4.69, 9.17) is 14.7 Å². The number of hydrogen-bond donors (Lipinski definition) is 2. The lowest BCUT2D eigenvalue weighted by atomic mass is 9.73. The molecular weight excluding hydrogens is 508 g/mol. The van der Waals surface area contributed by atoms with Crippen molar-refractivity contribution in [2.75, 3.05) is 11.4 Å². The molecule has 0 amide bonds. The lowest BCUT2D eigenvalue weighted by Crippen LogP contribution is -2.40. The summed E-state index contributed by atoms with van der Waals surface area (Å²) in [6.07, 6.45) is 20.3. The van der Waals surface area contributed by atoms with Crippen LogP contribution in [0.3, 0.4) is 0 Å². The molecule has 2 aromatic heterocycles. The summed E-state index contributed by atoms with van der Waals surface area (Å²) in [6, 6.07) is 16.5. The minimum Gasteiger partial charge on any atom is -0.464 e. The molecule has 0 saturated carbocycles. The Balaban J connectivity index is 1.27. The monoisotopic (exact) mass is 538 g/mol. The fourth-order valence-corrected chi connectivity index (χ4v) is 6.64. The maximum absolute atomic E-state index is 6.73. The molecule has 0 spiro atoms. The maximum atomic E-state index is 6.73. The van der Waals surface area contributed by atoms with Crippen molar-refractivity contribution in [1.82, 2.24) is 25.6 Å². The van der Waals surface area contributed by atoms with Crippen LogP contribution in [0, 0.1) is 5.41 Å². The molecule has 3 aliphatic heterocycles. The van der Waals surface area contributed by atoms with E-state index in [2.05, 4.69) is 94.2 Å². The van der Waals surface area contributed by atoms with Gasteiger partial charge in [0, 0.05) is 46.8 Å². The van der Waals surface area contributed by atoms with Gasteiger partial charge >= 0.3 is 0 Å². The van der Waals surface area contributed by atoms with E-state index in [9.17, 15) is 0 Å². The second-order valence-corrected chi connectivity index (χ2v) is 11.1. The Hall–Kier alpha value is -4.91. The van der Waals surface area contributed by atoms with Gasteiger partial charge in [-0.15, -0.1) is 0 Å². The molecule has 5 aliphatic rings. The molecule has 0 saturated heterocycles. The number of pyridine rings is 1. The Morgan fingerprint density at radius 2 is 1.85 bits per heavy atom. The van der Waals surface area contributed by atoms with E-state index in [0.717, 1.165) is 53.2 Å². The van der Waals surface area contributed by atoms with E-state index in [-0.39, 0.29) is 17.7 Å². The van der Waals surface area contributed by atoms with Gasteiger partial charge < -0.3 is 20.3 Å². The van der Waals surface area contributed by atoms with E-state index in [0.29, 0.717) is 5.95 Å². The van der Waals surface area contributed by atoms with Gasteiger partial charge in [0.25, 0.3) is 0 Å². The summed E-state index contributed by atoms with van der Waals surface area (Å²) in [4.78, 5) is 17.0. The van der Waals surface area contributed by atoms with Gasteiger partial charge in [-0.1, -0.05) is 60.7 Å². The molecule has 7 heteroatoms. The third-order valence-electron chi connectivity index (χ3n) is 8.64. The molecule has 2 N–H and O–H groups in total. The number of ether oxygens (including phenoxy) is 1. The van der Waals surface area contributed by atoms with Crippen molar-refractivity contribution in [2.24, 2.45) is 5.41 Å². The number of nitrogens with zero attached hydrogens (tertiary/aromatic N) is 4. The number of fused-ring (bicyclic) bond motifs is 3. The van der Waals surface area contributed by atoms with Crippen LogP contribution >= 0.6 is 0 Å². The molecule has 2 aliphatic carbocycles. The highest BCUT2D eigenvalue weighted by molar-refractivity contribution is 5.77. The van der Waals surface area contributed by atoms with Gasteiger partial charge in [-0.3, -0.25) is 4.98 Å². The summed E-state index contributed by atoms with van der Waals surface area (Å²) >= 11 is 0. The van der Waals surface area contributed by atoms with Gasteiger partial charge in [-0.05, 0) is 55.8 Å². The smallest absolute Gasteiger partial charge is 0.231 e. The highest BCUT2D eigenvalue weighted by Crippen LogP contribution is 2.56. The molecule has 3 unspecified atom stereocenters. The fourth-order valence-electron chi connectivity index (χ4n) is 6.64. The first-order valence-electron chi connectivity index (χ1n) is 14.2. The summed E-state index contributed by atoms with van der Waals surface area (Å²) in [7, 11) is 0. The maximum Gasteiger partial charge on any atom is 0.231 e. The molecule has 0 fully saturated rings. The van der Waals surface area contributed by atoms with E-state index in [1.54, 1.807) is 0 Å².